The molecule has 0 aliphatic carbocycles. The third-order valence-electron chi connectivity index (χ3n) is 3.61. The summed E-state index contributed by atoms with van der Waals surface area (Å²) in [6.45, 7) is 6.83. The molecule has 2 rings (SSSR count). The van der Waals surface area contributed by atoms with E-state index in [4.69, 9.17) is 9.47 Å². The minimum absolute atomic E-state index is 0.281. The summed E-state index contributed by atoms with van der Waals surface area (Å²) in [4.78, 5) is 11.7. The molecule has 0 atom stereocenters. The number of rotatable bonds is 6. The highest BCUT2D eigenvalue weighted by Gasteiger charge is 2.13. The number of urea groups is 1. The topological polar surface area (TPSA) is 59.6 Å². The van der Waals surface area contributed by atoms with Crippen LogP contribution in [0.4, 0.5) is 10.5 Å². The van der Waals surface area contributed by atoms with Gasteiger partial charge in [0, 0.05) is 7.05 Å². The summed E-state index contributed by atoms with van der Waals surface area (Å²) in [7, 11) is 1.58. The van der Waals surface area contributed by atoms with Crippen LogP contribution in [0.1, 0.15) is 23.6 Å². The van der Waals surface area contributed by atoms with Crippen molar-refractivity contribution in [3.05, 3.63) is 53.1 Å². The number of anilines is 1. The fourth-order valence-electron chi connectivity index (χ4n) is 2.42. The van der Waals surface area contributed by atoms with Gasteiger partial charge in [0.1, 0.15) is 18.1 Å². The smallest absolute Gasteiger partial charge is 0.318 e. The van der Waals surface area contributed by atoms with Crippen LogP contribution in [-0.2, 0) is 6.61 Å². The molecule has 0 saturated carbocycles. The Labute approximate surface area is 143 Å². The van der Waals surface area contributed by atoms with Crippen LogP contribution in [0.25, 0.3) is 0 Å². The molecule has 2 amide bonds. The Bertz CT molecular complexity index is 714. The molecule has 0 aliphatic heterocycles. The van der Waals surface area contributed by atoms with Gasteiger partial charge in [-0.2, -0.15) is 0 Å². The molecule has 0 spiro atoms. The zero-order valence-electron chi connectivity index (χ0n) is 14.6. The van der Waals surface area contributed by atoms with E-state index < -0.39 is 0 Å². The number of carbonyl (C=O) groups is 1. The zero-order valence-corrected chi connectivity index (χ0v) is 14.6. The molecule has 24 heavy (non-hydrogen) atoms. The van der Waals surface area contributed by atoms with Crippen LogP contribution in [0, 0.1) is 13.8 Å². The molecule has 0 radical (unpaired) electrons. The molecular formula is C19H24N2O3. The molecule has 0 heterocycles. The Morgan fingerprint density at radius 3 is 2.54 bits per heavy atom. The standard InChI is InChI=1S/C19H24N2O3/c1-5-23-18-8-6-7-16(21-19(22)20-4)15(18)12-24-17-10-9-13(2)11-14(17)3/h6-11H,5,12H2,1-4H3,(H2,20,21,22). The molecule has 2 N–H and O–H groups in total. The highest BCUT2D eigenvalue weighted by Crippen LogP contribution is 2.29. The SMILES string of the molecule is CCOc1cccc(NC(=O)NC)c1COc1ccc(C)cc1C. The molecule has 128 valence electrons. The average Bonchev–Trinajstić information content (AvgIpc) is 2.56. The van der Waals surface area contributed by atoms with Crippen LogP contribution in [0.2, 0.25) is 0 Å². The van der Waals surface area contributed by atoms with Gasteiger partial charge in [0.15, 0.2) is 0 Å². The number of aryl methyl sites for hydroxylation is 2. The molecule has 0 aromatic heterocycles. The number of amides is 2. The molecule has 0 fully saturated rings. The van der Waals surface area contributed by atoms with Crippen LogP contribution in [0.15, 0.2) is 36.4 Å². The van der Waals surface area contributed by atoms with Gasteiger partial charge in [-0.25, -0.2) is 4.79 Å². The Morgan fingerprint density at radius 2 is 1.88 bits per heavy atom. The molecule has 2 aromatic carbocycles. The monoisotopic (exact) mass is 328 g/mol. The highest BCUT2D eigenvalue weighted by molar-refractivity contribution is 5.90. The Morgan fingerprint density at radius 1 is 1.08 bits per heavy atom. The molecule has 0 bridgehead atoms. The summed E-state index contributed by atoms with van der Waals surface area (Å²) in [5.74, 6) is 1.52. The lowest BCUT2D eigenvalue weighted by Crippen LogP contribution is -2.25. The molecule has 0 saturated heterocycles. The Kier molecular flexibility index (Phi) is 6.07. The zero-order chi connectivity index (χ0) is 17.5. The number of ether oxygens (including phenoxy) is 2. The lowest BCUT2D eigenvalue weighted by Gasteiger charge is -2.17. The summed E-state index contributed by atoms with van der Waals surface area (Å²) in [6.07, 6.45) is 0. The maximum Gasteiger partial charge on any atom is 0.318 e. The average molecular weight is 328 g/mol. The van der Waals surface area contributed by atoms with E-state index >= 15 is 0 Å². The quantitative estimate of drug-likeness (QED) is 0.841. The van der Waals surface area contributed by atoms with Crippen LogP contribution in [0.5, 0.6) is 11.5 Å². The summed E-state index contributed by atoms with van der Waals surface area (Å²) < 4.78 is 11.6. The number of carbonyl (C=O) groups excluding carboxylic acids is 1. The molecular weight excluding hydrogens is 304 g/mol. The van der Waals surface area contributed by atoms with Crippen molar-refractivity contribution >= 4 is 11.7 Å². The van der Waals surface area contributed by atoms with E-state index in [2.05, 4.69) is 16.7 Å². The predicted octanol–water partition coefficient (Wildman–Crippen LogP) is 4.03. The fraction of sp³-hybridized carbons (Fsp3) is 0.316. The van der Waals surface area contributed by atoms with Crippen molar-refractivity contribution < 1.29 is 14.3 Å². The largest absolute Gasteiger partial charge is 0.493 e. The van der Waals surface area contributed by atoms with Gasteiger partial charge in [0.25, 0.3) is 0 Å². The molecule has 0 aliphatic rings. The second-order valence-corrected chi connectivity index (χ2v) is 5.48. The number of benzene rings is 2. The predicted molar refractivity (Wildman–Crippen MR) is 95.9 cm³/mol. The first-order valence-electron chi connectivity index (χ1n) is 7.98. The van der Waals surface area contributed by atoms with Crippen molar-refractivity contribution in [1.29, 1.82) is 0 Å². The molecule has 5 heteroatoms. The molecule has 5 nitrogen and oxygen atoms in total. The first-order chi connectivity index (χ1) is 11.5. The van der Waals surface area contributed by atoms with E-state index in [9.17, 15) is 4.79 Å². The molecule has 0 unspecified atom stereocenters. The number of nitrogens with one attached hydrogen (secondary N) is 2. The van der Waals surface area contributed by atoms with Crippen molar-refractivity contribution in [1.82, 2.24) is 5.32 Å². The maximum atomic E-state index is 11.7. The third kappa shape index (κ3) is 4.41. The Hall–Kier alpha value is -2.69. The van der Waals surface area contributed by atoms with Crippen molar-refractivity contribution in [2.45, 2.75) is 27.4 Å². The Balaban J connectivity index is 2.26. The van der Waals surface area contributed by atoms with Gasteiger partial charge in [0.05, 0.1) is 17.9 Å². The summed E-state index contributed by atoms with van der Waals surface area (Å²) >= 11 is 0. The van der Waals surface area contributed by atoms with Crippen LogP contribution in [0.3, 0.4) is 0 Å². The van der Waals surface area contributed by atoms with E-state index in [1.165, 1.54) is 5.56 Å². The summed E-state index contributed by atoms with van der Waals surface area (Å²) in [5.41, 5.74) is 3.74. The second kappa shape index (κ2) is 8.24. The van der Waals surface area contributed by atoms with Gasteiger partial charge in [-0.3, -0.25) is 0 Å². The van der Waals surface area contributed by atoms with E-state index in [0.29, 0.717) is 24.7 Å². The van der Waals surface area contributed by atoms with Crippen LogP contribution in [-0.4, -0.2) is 19.7 Å². The van der Waals surface area contributed by atoms with Crippen LogP contribution >= 0.6 is 0 Å². The lowest BCUT2D eigenvalue weighted by molar-refractivity contribution is 0.253. The second-order valence-electron chi connectivity index (χ2n) is 5.48. The van der Waals surface area contributed by atoms with Crippen molar-refractivity contribution in [2.24, 2.45) is 0 Å². The normalized spacial score (nSPS) is 10.2. The summed E-state index contributed by atoms with van der Waals surface area (Å²) in [6, 6.07) is 11.3. The van der Waals surface area contributed by atoms with Gasteiger partial charge >= 0.3 is 6.03 Å². The van der Waals surface area contributed by atoms with Gasteiger partial charge in [0.2, 0.25) is 0 Å². The molecule has 2 aromatic rings. The van der Waals surface area contributed by atoms with Gasteiger partial charge in [-0.1, -0.05) is 23.8 Å². The minimum atomic E-state index is -0.281. The summed E-state index contributed by atoms with van der Waals surface area (Å²) in [5, 5.41) is 5.36. The maximum absolute atomic E-state index is 11.7. The van der Waals surface area contributed by atoms with Crippen molar-refractivity contribution in [3.8, 4) is 11.5 Å². The number of hydrogen-bond donors (Lipinski definition) is 2. The van der Waals surface area contributed by atoms with Crippen molar-refractivity contribution in [3.63, 3.8) is 0 Å². The highest BCUT2D eigenvalue weighted by atomic mass is 16.5. The first kappa shape index (κ1) is 17.7. The van der Waals surface area contributed by atoms with Gasteiger partial charge < -0.3 is 20.1 Å². The lowest BCUT2D eigenvalue weighted by atomic mass is 10.1. The fourth-order valence-corrected chi connectivity index (χ4v) is 2.42. The first-order valence-corrected chi connectivity index (χ1v) is 7.98. The van der Waals surface area contributed by atoms with Gasteiger partial charge in [-0.05, 0) is 44.5 Å². The third-order valence-corrected chi connectivity index (χ3v) is 3.61. The van der Waals surface area contributed by atoms with E-state index in [1.807, 2.05) is 51.1 Å². The minimum Gasteiger partial charge on any atom is -0.493 e. The van der Waals surface area contributed by atoms with E-state index in [-0.39, 0.29) is 6.03 Å². The van der Waals surface area contributed by atoms with E-state index in [0.717, 1.165) is 16.9 Å². The number of hydrogen-bond acceptors (Lipinski definition) is 3. The van der Waals surface area contributed by atoms with Crippen molar-refractivity contribution in [2.75, 3.05) is 19.0 Å². The van der Waals surface area contributed by atoms with E-state index in [1.54, 1.807) is 7.05 Å². The van der Waals surface area contributed by atoms with Crippen LogP contribution < -0.4 is 20.1 Å². The van der Waals surface area contributed by atoms with Gasteiger partial charge in [-0.15, -0.1) is 0 Å².